The molecule has 4 aliphatic rings. The fourth-order valence-corrected chi connectivity index (χ4v) is 10.4. The largest absolute Gasteiger partial charge is 0.377 e. The van der Waals surface area contributed by atoms with E-state index in [1.165, 1.54) is 12.4 Å². The van der Waals surface area contributed by atoms with Gasteiger partial charge >= 0.3 is 0 Å². The van der Waals surface area contributed by atoms with Crippen molar-refractivity contribution >= 4 is 43.4 Å². The normalized spacial score (nSPS) is 23.4. The molecule has 59 heavy (non-hydrogen) atoms. The molecule has 2 N–H and O–H groups in total. The van der Waals surface area contributed by atoms with Crippen LogP contribution in [-0.4, -0.2) is 81.5 Å². The van der Waals surface area contributed by atoms with Crippen molar-refractivity contribution in [2.24, 2.45) is 0 Å². The van der Waals surface area contributed by atoms with Crippen LogP contribution in [-0.2, 0) is 29.8 Å². The lowest BCUT2D eigenvalue weighted by molar-refractivity contribution is -0.197. The second-order valence-corrected chi connectivity index (χ2v) is 18.8. The first kappa shape index (κ1) is 39.4. The molecule has 0 spiro atoms. The number of hydrogen-bond donors (Lipinski definition) is 2. The lowest BCUT2D eigenvalue weighted by Gasteiger charge is -2.38. The second kappa shape index (κ2) is 15.2. The van der Waals surface area contributed by atoms with Crippen molar-refractivity contribution in [2.45, 2.75) is 93.6 Å². The molecular formula is C46H49N5O7S. The molecule has 3 unspecified atom stereocenters. The van der Waals surface area contributed by atoms with Crippen LogP contribution in [0.25, 0.3) is 27.4 Å². The van der Waals surface area contributed by atoms with Crippen molar-refractivity contribution < 1.29 is 27.7 Å². The Hall–Kier alpha value is -5.10. The number of fused-ring (bicyclic) bond motifs is 2. The van der Waals surface area contributed by atoms with E-state index in [2.05, 4.69) is 34.0 Å². The molecule has 306 valence electrons. The Balaban J connectivity index is 1.16. The smallest absolute Gasteiger partial charge is 0.273 e. The molecule has 5 aromatic rings. The summed E-state index contributed by atoms with van der Waals surface area (Å²) >= 11 is 0. The van der Waals surface area contributed by atoms with Crippen molar-refractivity contribution in [3.8, 4) is 12.3 Å². The molecule has 2 saturated heterocycles. The van der Waals surface area contributed by atoms with E-state index in [0.717, 1.165) is 58.2 Å². The van der Waals surface area contributed by atoms with Gasteiger partial charge in [-0.25, -0.2) is 22.4 Å². The molecule has 12 nitrogen and oxygen atoms in total. The van der Waals surface area contributed by atoms with Gasteiger partial charge < -0.3 is 29.2 Å². The third kappa shape index (κ3) is 7.10. The highest BCUT2D eigenvalue weighted by Crippen LogP contribution is 2.45. The monoisotopic (exact) mass is 815 g/mol. The van der Waals surface area contributed by atoms with Crippen molar-refractivity contribution in [1.29, 1.82) is 0 Å². The van der Waals surface area contributed by atoms with Crippen molar-refractivity contribution in [3.63, 3.8) is 0 Å². The van der Waals surface area contributed by atoms with Gasteiger partial charge in [-0.05, 0) is 98.9 Å². The van der Waals surface area contributed by atoms with E-state index in [9.17, 15) is 18.3 Å². The first-order valence-corrected chi connectivity index (χ1v) is 21.9. The van der Waals surface area contributed by atoms with Crippen LogP contribution in [0.3, 0.4) is 0 Å². The van der Waals surface area contributed by atoms with Gasteiger partial charge in [0.25, 0.3) is 5.56 Å². The molecular weight excluding hydrogens is 767 g/mol. The van der Waals surface area contributed by atoms with Crippen LogP contribution in [0, 0.1) is 12.3 Å². The molecule has 3 aromatic heterocycles. The highest BCUT2D eigenvalue weighted by Gasteiger charge is 2.46. The number of benzene rings is 2. The summed E-state index contributed by atoms with van der Waals surface area (Å²) in [6.45, 7) is 5.28. The minimum Gasteiger partial charge on any atom is -0.377 e. The van der Waals surface area contributed by atoms with Crippen LogP contribution in [0.4, 0.5) is 5.95 Å². The van der Waals surface area contributed by atoms with Crippen LogP contribution in [0.1, 0.15) is 82.0 Å². The van der Waals surface area contributed by atoms with Crippen LogP contribution in [0.2, 0.25) is 0 Å². The maximum Gasteiger partial charge on any atom is 0.273 e. The number of allylic oxidation sites excluding steroid dienone is 3. The van der Waals surface area contributed by atoms with E-state index in [1.807, 2.05) is 49.4 Å². The first-order chi connectivity index (χ1) is 28.4. The molecule has 0 amide bonds. The Kier molecular flexibility index (Phi) is 10.1. The summed E-state index contributed by atoms with van der Waals surface area (Å²) in [6.07, 6.45) is 17.7. The fraction of sp³-hybridized carbons (Fsp3) is 0.413. The zero-order valence-corrected chi connectivity index (χ0v) is 34.2. The number of aliphatic hydroxyl groups is 1. The topological polar surface area (TPSA) is 149 Å². The molecule has 1 saturated carbocycles. The van der Waals surface area contributed by atoms with Gasteiger partial charge in [0, 0.05) is 55.7 Å². The van der Waals surface area contributed by atoms with Gasteiger partial charge in [0.1, 0.15) is 15.9 Å². The summed E-state index contributed by atoms with van der Waals surface area (Å²) in [5.74, 6) is 3.08. The third-order valence-corrected chi connectivity index (χ3v) is 15.1. The maximum atomic E-state index is 14.4. The van der Waals surface area contributed by atoms with Crippen LogP contribution >= 0.6 is 0 Å². The summed E-state index contributed by atoms with van der Waals surface area (Å²) in [7, 11) is -4.07. The van der Waals surface area contributed by atoms with Gasteiger partial charge in [0.2, 0.25) is 16.0 Å². The summed E-state index contributed by atoms with van der Waals surface area (Å²) in [6, 6.07) is 19.5. The third-order valence-electron chi connectivity index (χ3n) is 12.6. The Morgan fingerprint density at radius 1 is 1.07 bits per heavy atom. The van der Waals surface area contributed by atoms with E-state index >= 15 is 0 Å². The SMILES string of the molecule is C#CC1(O)CCN(c2nc(C(COC3CCCCO3)(OC3CC3)c3ccccc3)c3cc(C4=CCC(C)(S(=O)(=O)n5ccc6cc[nH]c(=O)c65)C(C)=C4)ccc3n2)CC1. The van der Waals surface area contributed by atoms with Gasteiger partial charge in [-0.15, -0.1) is 6.42 Å². The molecule has 5 heterocycles. The number of H-pyrrole nitrogens is 1. The maximum absolute atomic E-state index is 14.4. The Bertz CT molecular complexity index is 2680. The Morgan fingerprint density at radius 3 is 2.58 bits per heavy atom. The number of anilines is 1. The summed E-state index contributed by atoms with van der Waals surface area (Å²) < 4.78 is 48.5. The number of hydrogen-bond acceptors (Lipinski definition) is 10. The van der Waals surface area contributed by atoms with E-state index in [-0.39, 0.29) is 30.9 Å². The molecule has 2 aliphatic carbocycles. The Morgan fingerprint density at radius 2 is 1.86 bits per heavy atom. The number of nitrogens with zero attached hydrogens (tertiary/aromatic N) is 4. The number of pyridine rings is 1. The van der Waals surface area contributed by atoms with Gasteiger partial charge in [-0.3, -0.25) is 4.79 Å². The minimum atomic E-state index is -4.07. The molecule has 9 rings (SSSR count). The lowest BCUT2D eigenvalue weighted by atomic mass is 9.85. The quantitative estimate of drug-likeness (QED) is 0.140. The van der Waals surface area contributed by atoms with Gasteiger partial charge in [0.15, 0.2) is 11.9 Å². The molecule has 2 aliphatic heterocycles. The van der Waals surface area contributed by atoms with E-state index in [0.29, 0.717) is 60.7 Å². The van der Waals surface area contributed by atoms with Gasteiger partial charge in [-0.1, -0.05) is 54.5 Å². The average Bonchev–Trinajstić information content (AvgIpc) is 3.96. The van der Waals surface area contributed by atoms with E-state index in [1.54, 1.807) is 19.1 Å². The van der Waals surface area contributed by atoms with Crippen molar-refractivity contribution in [2.75, 3.05) is 31.2 Å². The van der Waals surface area contributed by atoms with Gasteiger partial charge in [0.05, 0.1) is 23.9 Å². The van der Waals surface area contributed by atoms with Crippen molar-refractivity contribution in [1.82, 2.24) is 18.9 Å². The highest BCUT2D eigenvalue weighted by atomic mass is 32.2. The van der Waals surface area contributed by atoms with Crippen molar-refractivity contribution in [3.05, 3.63) is 118 Å². The number of rotatable bonds is 11. The summed E-state index contributed by atoms with van der Waals surface area (Å²) in [5.41, 5.74) is 1.92. The predicted molar refractivity (Wildman–Crippen MR) is 227 cm³/mol. The zero-order chi connectivity index (χ0) is 41.0. The minimum absolute atomic E-state index is 0.00242. The Labute approximate surface area is 344 Å². The number of piperidine rings is 1. The number of ether oxygens (including phenoxy) is 3. The summed E-state index contributed by atoms with van der Waals surface area (Å²) in [5, 5.41) is 12.2. The highest BCUT2D eigenvalue weighted by molar-refractivity contribution is 7.91. The first-order valence-electron chi connectivity index (χ1n) is 20.5. The second-order valence-electron chi connectivity index (χ2n) is 16.5. The number of aromatic amines is 1. The van der Waals surface area contributed by atoms with E-state index in [4.69, 9.17) is 30.6 Å². The van der Waals surface area contributed by atoms with Gasteiger partial charge in [-0.2, -0.15) is 0 Å². The molecule has 13 heteroatoms. The zero-order valence-electron chi connectivity index (χ0n) is 33.4. The lowest BCUT2D eigenvalue weighted by Crippen LogP contribution is -2.45. The molecule has 3 atom stereocenters. The molecule has 3 fully saturated rings. The van der Waals surface area contributed by atoms with Crippen LogP contribution in [0.5, 0.6) is 0 Å². The molecule has 0 bridgehead atoms. The molecule has 0 radical (unpaired) electrons. The van der Waals surface area contributed by atoms with E-state index < -0.39 is 31.5 Å². The number of aromatic nitrogens is 4. The fourth-order valence-electron chi connectivity index (χ4n) is 8.55. The molecule has 2 aromatic carbocycles. The standard InChI is InChI=1S/C46H49N5O7S/c1-4-45(53)21-25-50(26-22-45)43-48-38-16-13-33(34-17-20-44(3,31(2)28-34)59(54,55)51-24-19-32-18-23-47-42(52)40(32)51)29-37(38)41(49-43)46(58-36-14-15-36,35-10-6-5-7-11-35)30-57-39-12-8-9-27-56-39/h1,5-7,10-11,13,16-19,23-24,28-29,36,39,53H,8-9,12,14-15,20-22,25-27,30H2,2-3H3,(H,47,52). The average molecular weight is 816 g/mol. The van der Waals surface area contributed by atoms with Crippen LogP contribution in [0.15, 0.2) is 95.6 Å². The number of terminal acetylenes is 1. The van der Waals surface area contributed by atoms with Crippen LogP contribution < -0.4 is 10.5 Å². The number of nitrogens with one attached hydrogen (secondary N) is 1. The summed E-state index contributed by atoms with van der Waals surface area (Å²) in [4.78, 5) is 28.0. The predicted octanol–water partition coefficient (Wildman–Crippen LogP) is 6.57.